The van der Waals surface area contributed by atoms with Crippen LogP contribution in [0.1, 0.15) is 53.6 Å². The molecule has 1 atom stereocenters. The van der Waals surface area contributed by atoms with Crippen molar-refractivity contribution in [1.82, 2.24) is 9.80 Å². The predicted molar refractivity (Wildman–Crippen MR) is 149 cm³/mol. The molecular weight excluding hydrogens is 543 g/mol. The summed E-state index contributed by atoms with van der Waals surface area (Å²) in [5.41, 5.74) is -2.00. The molecule has 1 N–H and O–H groups in total. The Morgan fingerprint density at radius 1 is 0.975 bits per heavy atom. The Morgan fingerprint density at radius 3 is 2.10 bits per heavy atom. The number of carbonyl (C=O) groups is 2. The molecule has 0 bridgehead atoms. The summed E-state index contributed by atoms with van der Waals surface area (Å²) in [5.74, 6) is -0.618. The predicted octanol–water partition coefficient (Wildman–Crippen LogP) is 5.65. The Balaban J connectivity index is 1.30. The molecule has 2 heterocycles. The smallest absolute Gasteiger partial charge is 0.371 e. The summed E-state index contributed by atoms with van der Waals surface area (Å²) in [6, 6.07) is 10.9. The molecule has 0 aliphatic carbocycles. The maximum atomic E-state index is 14.1. The van der Waals surface area contributed by atoms with Gasteiger partial charge in [-0.05, 0) is 69.1 Å². The van der Waals surface area contributed by atoms with E-state index in [1.165, 1.54) is 21.9 Å². The fraction of sp³-hybridized carbons (Fsp3) is 0.533. The van der Waals surface area contributed by atoms with Crippen LogP contribution in [0.5, 0.6) is 0 Å². The van der Waals surface area contributed by atoms with Gasteiger partial charge in [0, 0.05) is 51.5 Å². The fourth-order valence-electron chi connectivity index (χ4n) is 5.89. The molecule has 2 aromatic rings. The van der Waals surface area contributed by atoms with Crippen molar-refractivity contribution in [1.29, 1.82) is 0 Å². The van der Waals surface area contributed by atoms with Gasteiger partial charge in [-0.1, -0.05) is 41.4 Å². The number of piperidine rings is 2. The van der Waals surface area contributed by atoms with Crippen LogP contribution >= 0.6 is 11.6 Å². The number of likely N-dealkylation sites (tertiary alicyclic amines) is 1. The lowest BCUT2D eigenvalue weighted by molar-refractivity contribution is -0.262. The van der Waals surface area contributed by atoms with Gasteiger partial charge in [0.05, 0.1) is 10.6 Å². The van der Waals surface area contributed by atoms with E-state index >= 15 is 0 Å². The van der Waals surface area contributed by atoms with Gasteiger partial charge in [-0.25, -0.2) is 0 Å². The quantitative estimate of drug-likeness (QED) is 0.481. The molecule has 2 saturated heterocycles. The number of hydrogen-bond donors (Lipinski definition) is 1. The second-order valence-corrected chi connectivity index (χ2v) is 11.8. The van der Waals surface area contributed by atoms with Gasteiger partial charge in [-0.3, -0.25) is 9.59 Å². The van der Waals surface area contributed by atoms with Crippen LogP contribution in [0.3, 0.4) is 0 Å². The highest BCUT2D eigenvalue weighted by Crippen LogP contribution is 2.42. The van der Waals surface area contributed by atoms with Crippen molar-refractivity contribution >= 4 is 29.1 Å². The van der Waals surface area contributed by atoms with Crippen molar-refractivity contribution in [3.63, 3.8) is 0 Å². The van der Waals surface area contributed by atoms with E-state index in [1.54, 1.807) is 33.2 Å². The van der Waals surface area contributed by atoms with Crippen molar-refractivity contribution in [3.8, 4) is 0 Å². The maximum Gasteiger partial charge on any atom is 0.430 e. The maximum absolute atomic E-state index is 14.1. The average molecular weight is 580 g/mol. The molecule has 6 nitrogen and oxygen atoms in total. The second-order valence-electron chi connectivity index (χ2n) is 11.3. The van der Waals surface area contributed by atoms with Crippen LogP contribution < -0.4 is 4.90 Å². The van der Waals surface area contributed by atoms with Crippen molar-refractivity contribution < 1.29 is 27.9 Å². The number of amides is 2. The third-order valence-electron chi connectivity index (χ3n) is 8.29. The summed E-state index contributed by atoms with van der Waals surface area (Å²) < 4.78 is 42.2. The Kier molecular flexibility index (Phi) is 9.05. The minimum atomic E-state index is -5.13. The van der Waals surface area contributed by atoms with Gasteiger partial charge in [-0.2, -0.15) is 13.2 Å². The number of nitrogens with zero attached hydrogens (tertiary/aromatic N) is 3. The van der Waals surface area contributed by atoms with Crippen molar-refractivity contribution in [2.75, 3.05) is 45.2 Å². The SMILES string of the molecule is Cc1cccc([C@@](O)(C(=O)N2CCC(CC3CCN(c4ccc(C(=O)N(C)C)c(Cl)c4)CC3)CC2)C(F)(F)F)c1. The molecule has 4 rings (SSSR count). The molecule has 0 spiro atoms. The molecule has 0 aromatic heterocycles. The standard InChI is InChI=1S/C30H37ClF3N3O3/c1-20-5-4-6-23(17-20)29(40,30(32,33)34)28(39)37-15-11-22(12-16-37)18-21-9-13-36(14-10-21)24-7-8-25(26(31)19-24)27(38)35(2)3/h4-8,17,19,21-22,40H,9-16,18H2,1-3H3/t29-/m1/s1. The monoisotopic (exact) mass is 579 g/mol. The summed E-state index contributed by atoms with van der Waals surface area (Å²) in [6.07, 6.45) is -0.967. The number of alkyl halides is 3. The molecule has 2 fully saturated rings. The van der Waals surface area contributed by atoms with Gasteiger partial charge in [0.25, 0.3) is 17.4 Å². The van der Waals surface area contributed by atoms with E-state index in [9.17, 15) is 27.9 Å². The molecule has 2 aliphatic heterocycles. The van der Waals surface area contributed by atoms with E-state index in [0.717, 1.165) is 44.1 Å². The molecule has 0 saturated carbocycles. The lowest BCUT2D eigenvalue weighted by atomic mass is 9.82. The van der Waals surface area contributed by atoms with E-state index in [-0.39, 0.29) is 19.0 Å². The fourth-order valence-corrected chi connectivity index (χ4v) is 6.15. The molecule has 2 aromatic carbocycles. The third-order valence-corrected chi connectivity index (χ3v) is 8.61. The minimum absolute atomic E-state index is 0.138. The summed E-state index contributed by atoms with van der Waals surface area (Å²) in [7, 11) is 3.37. The number of anilines is 1. The molecule has 2 amide bonds. The third kappa shape index (κ3) is 6.25. The second kappa shape index (κ2) is 12.0. The van der Waals surface area contributed by atoms with Crippen LogP contribution in [0.2, 0.25) is 5.02 Å². The van der Waals surface area contributed by atoms with E-state index in [2.05, 4.69) is 4.90 Å². The van der Waals surface area contributed by atoms with Crippen molar-refractivity contribution in [2.24, 2.45) is 11.8 Å². The number of carbonyl (C=O) groups excluding carboxylic acids is 2. The topological polar surface area (TPSA) is 64.1 Å². The molecule has 2 aliphatic rings. The first-order valence-electron chi connectivity index (χ1n) is 13.7. The molecule has 0 unspecified atom stereocenters. The molecule has 10 heteroatoms. The Hall–Kier alpha value is -2.78. The lowest BCUT2D eigenvalue weighted by Gasteiger charge is -2.40. The zero-order valence-electron chi connectivity index (χ0n) is 23.2. The zero-order valence-corrected chi connectivity index (χ0v) is 23.9. The van der Waals surface area contributed by atoms with Gasteiger partial charge < -0.3 is 19.8 Å². The number of aryl methyl sites for hydroxylation is 1. The normalized spacial score (nSPS) is 18.9. The average Bonchev–Trinajstić information content (AvgIpc) is 2.92. The highest BCUT2D eigenvalue weighted by atomic mass is 35.5. The Morgan fingerprint density at radius 2 is 1.57 bits per heavy atom. The summed E-state index contributed by atoms with van der Waals surface area (Å²) >= 11 is 6.39. The summed E-state index contributed by atoms with van der Waals surface area (Å²) in [6.45, 7) is 3.73. The first kappa shape index (κ1) is 30.2. The van der Waals surface area contributed by atoms with E-state index in [1.807, 2.05) is 12.1 Å². The van der Waals surface area contributed by atoms with Crippen LogP contribution in [0.15, 0.2) is 42.5 Å². The molecule has 0 radical (unpaired) electrons. The van der Waals surface area contributed by atoms with Crippen molar-refractivity contribution in [3.05, 3.63) is 64.2 Å². The van der Waals surface area contributed by atoms with E-state index < -0.39 is 23.2 Å². The summed E-state index contributed by atoms with van der Waals surface area (Å²) in [5, 5.41) is 11.2. The largest absolute Gasteiger partial charge is 0.430 e. The summed E-state index contributed by atoms with van der Waals surface area (Å²) in [4.78, 5) is 30.3. The highest BCUT2D eigenvalue weighted by molar-refractivity contribution is 6.34. The van der Waals surface area contributed by atoms with Gasteiger partial charge >= 0.3 is 6.18 Å². The minimum Gasteiger partial charge on any atom is -0.371 e. The van der Waals surface area contributed by atoms with Crippen LogP contribution in [-0.2, 0) is 10.4 Å². The molecular formula is C30H37ClF3N3O3. The number of benzene rings is 2. The lowest BCUT2D eigenvalue weighted by Crippen LogP contribution is -2.57. The molecule has 40 heavy (non-hydrogen) atoms. The van der Waals surface area contributed by atoms with Crippen LogP contribution in [-0.4, -0.2) is 73.2 Å². The van der Waals surface area contributed by atoms with Crippen LogP contribution in [0, 0.1) is 18.8 Å². The van der Waals surface area contributed by atoms with E-state index in [4.69, 9.17) is 11.6 Å². The zero-order chi connectivity index (χ0) is 29.2. The number of hydrogen-bond acceptors (Lipinski definition) is 4. The van der Waals surface area contributed by atoms with Gasteiger partial charge in [0.1, 0.15) is 0 Å². The van der Waals surface area contributed by atoms with Crippen LogP contribution in [0.4, 0.5) is 18.9 Å². The molecule has 218 valence electrons. The van der Waals surface area contributed by atoms with Gasteiger partial charge in [-0.15, -0.1) is 0 Å². The Bertz CT molecular complexity index is 1220. The van der Waals surface area contributed by atoms with Gasteiger partial charge in [0.15, 0.2) is 0 Å². The van der Waals surface area contributed by atoms with E-state index in [0.29, 0.717) is 40.8 Å². The van der Waals surface area contributed by atoms with Crippen LogP contribution in [0.25, 0.3) is 0 Å². The number of aliphatic hydroxyl groups is 1. The Labute approximate surface area is 238 Å². The first-order valence-corrected chi connectivity index (χ1v) is 14.1. The first-order chi connectivity index (χ1) is 18.8. The number of rotatable bonds is 6. The number of halogens is 4. The van der Waals surface area contributed by atoms with Gasteiger partial charge in [0.2, 0.25) is 0 Å². The van der Waals surface area contributed by atoms with Crippen molar-refractivity contribution in [2.45, 2.75) is 50.8 Å². The highest BCUT2D eigenvalue weighted by Gasteiger charge is 2.62.